The van der Waals surface area contributed by atoms with E-state index < -0.39 is 10.0 Å². The van der Waals surface area contributed by atoms with E-state index in [-0.39, 0.29) is 4.90 Å². The van der Waals surface area contributed by atoms with Gasteiger partial charge in [-0.15, -0.1) is 0 Å². The van der Waals surface area contributed by atoms with Crippen LogP contribution in [-0.2, 0) is 10.0 Å². The van der Waals surface area contributed by atoms with E-state index in [1.54, 1.807) is 13.0 Å². The molecule has 0 unspecified atom stereocenters. The molecule has 0 bridgehead atoms. The van der Waals surface area contributed by atoms with E-state index in [0.717, 1.165) is 25.6 Å². The van der Waals surface area contributed by atoms with E-state index in [1.165, 1.54) is 19.0 Å². The van der Waals surface area contributed by atoms with Gasteiger partial charge in [-0.05, 0) is 50.3 Å². The average Bonchev–Trinajstić information content (AvgIpc) is 3.19. The van der Waals surface area contributed by atoms with Crippen LogP contribution in [-0.4, -0.2) is 44.0 Å². The molecule has 1 saturated heterocycles. The minimum Gasteiger partial charge on any atom is -0.300 e. The summed E-state index contributed by atoms with van der Waals surface area (Å²) in [7, 11) is -3.50. The highest BCUT2D eigenvalue weighted by Gasteiger charge is 2.34. The predicted molar refractivity (Wildman–Crippen MR) is 81.9 cm³/mol. The van der Waals surface area contributed by atoms with Crippen molar-refractivity contribution in [3.8, 4) is 0 Å². The summed E-state index contributed by atoms with van der Waals surface area (Å²) in [6, 6.07) is 2.32. The van der Waals surface area contributed by atoms with Crippen LogP contribution in [0.5, 0.6) is 0 Å². The lowest BCUT2D eigenvalue weighted by atomic mass is 10.1. The number of hydrogen-bond acceptors (Lipinski definition) is 4. The smallest absolute Gasteiger partial charge is 0.242 e. The Morgan fingerprint density at radius 2 is 2.19 bits per heavy atom. The maximum Gasteiger partial charge on any atom is 0.242 e. The molecular formula is C14H20ClN3O2S. The van der Waals surface area contributed by atoms with Gasteiger partial charge < -0.3 is 4.90 Å². The fourth-order valence-corrected chi connectivity index (χ4v) is 4.04. The van der Waals surface area contributed by atoms with Crippen molar-refractivity contribution in [2.24, 2.45) is 5.92 Å². The van der Waals surface area contributed by atoms with Crippen molar-refractivity contribution in [3.63, 3.8) is 0 Å². The van der Waals surface area contributed by atoms with Gasteiger partial charge in [-0.1, -0.05) is 11.6 Å². The van der Waals surface area contributed by atoms with Gasteiger partial charge in [0.15, 0.2) is 0 Å². The van der Waals surface area contributed by atoms with Gasteiger partial charge in [0.1, 0.15) is 10.0 Å². The van der Waals surface area contributed by atoms with E-state index in [1.807, 2.05) is 0 Å². The molecule has 5 nitrogen and oxygen atoms in total. The third-order valence-corrected chi connectivity index (χ3v) is 6.03. The van der Waals surface area contributed by atoms with Crippen molar-refractivity contribution in [1.29, 1.82) is 0 Å². The quantitative estimate of drug-likeness (QED) is 0.837. The first-order valence-electron chi connectivity index (χ1n) is 7.31. The Kier molecular flexibility index (Phi) is 4.23. The van der Waals surface area contributed by atoms with E-state index in [4.69, 9.17) is 11.6 Å². The second kappa shape index (κ2) is 5.83. The number of aromatic nitrogens is 1. The van der Waals surface area contributed by atoms with Crippen molar-refractivity contribution in [1.82, 2.24) is 14.6 Å². The zero-order valence-electron chi connectivity index (χ0n) is 12.0. The van der Waals surface area contributed by atoms with Crippen molar-refractivity contribution in [2.75, 3.05) is 19.6 Å². The van der Waals surface area contributed by atoms with Gasteiger partial charge in [-0.2, -0.15) is 0 Å². The van der Waals surface area contributed by atoms with Crippen molar-refractivity contribution >= 4 is 21.6 Å². The lowest BCUT2D eigenvalue weighted by molar-refractivity contribution is 0.314. The first-order chi connectivity index (χ1) is 9.95. The molecule has 0 amide bonds. The third-order valence-electron chi connectivity index (χ3n) is 4.24. The molecule has 21 heavy (non-hydrogen) atoms. The molecule has 0 aromatic carbocycles. The van der Waals surface area contributed by atoms with Gasteiger partial charge in [0.2, 0.25) is 10.0 Å². The molecule has 1 atom stereocenters. The standard InChI is InChI=1S/C14H20ClN3O2S/c1-10-6-13(8-16-14(10)15)21(19,20)17-7-11-4-5-18(9-11)12-2-3-12/h6,8,11-12,17H,2-5,7,9H2,1H3/t11-/m0/s1. The van der Waals surface area contributed by atoms with E-state index in [0.29, 0.717) is 23.2 Å². The number of pyridine rings is 1. The molecule has 1 N–H and O–H groups in total. The molecule has 3 rings (SSSR count). The minimum atomic E-state index is -3.50. The molecule has 0 spiro atoms. The lowest BCUT2D eigenvalue weighted by Gasteiger charge is -2.15. The normalized spacial score (nSPS) is 23.6. The molecule has 1 saturated carbocycles. The van der Waals surface area contributed by atoms with Gasteiger partial charge in [0, 0.05) is 25.3 Å². The maximum atomic E-state index is 12.3. The fourth-order valence-electron chi connectivity index (χ4n) is 2.79. The molecule has 1 aliphatic carbocycles. The second-order valence-electron chi connectivity index (χ2n) is 6.01. The third kappa shape index (κ3) is 3.56. The van der Waals surface area contributed by atoms with Crippen molar-refractivity contribution in [2.45, 2.75) is 37.1 Å². The van der Waals surface area contributed by atoms with E-state index in [2.05, 4.69) is 14.6 Å². The first kappa shape index (κ1) is 15.2. The number of nitrogens with zero attached hydrogens (tertiary/aromatic N) is 2. The van der Waals surface area contributed by atoms with Gasteiger partial charge in [-0.25, -0.2) is 18.1 Å². The van der Waals surface area contributed by atoms with E-state index >= 15 is 0 Å². The van der Waals surface area contributed by atoms with Crippen LogP contribution >= 0.6 is 11.6 Å². The zero-order valence-corrected chi connectivity index (χ0v) is 13.6. The van der Waals surface area contributed by atoms with Crippen LogP contribution in [0.1, 0.15) is 24.8 Å². The first-order valence-corrected chi connectivity index (χ1v) is 9.17. The Morgan fingerprint density at radius 3 is 2.86 bits per heavy atom. The summed E-state index contributed by atoms with van der Waals surface area (Å²) in [5, 5.41) is 0.338. The second-order valence-corrected chi connectivity index (χ2v) is 8.14. The monoisotopic (exact) mass is 329 g/mol. The number of aryl methyl sites for hydroxylation is 1. The summed E-state index contributed by atoms with van der Waals surface area (Å²) in [5.41, 5.74) is 0.667. The number of nitrogens with one attached hydrogen (secondary N) is 1. The summed E-state index contributed by atoms with van der Waals surface area (Å²) in [5.74, 6) is 0.404. The van der Waals surface area contributed by atoms with Gasteiger partial charge in [0.25, 0.3) is 0 Å². The highest BCUT2D eigenvalue weighted by molar-refractivity contribution is 7.89. The highest BCUT2D eigenvalue weighted by Crippen LogP contribution is 2.31. The summed E-state index contributed by atoms with van der Waals surface area (Å²) in [6.45, 7) is 4.34. The van der Waals surface area contributed by atoms with Crippen LogP contribution in [0.25, 0.3) is 0 Å². The Morgan fingerprint density at radius 1 is 1.43 bits per heavy atom. The lowest BCUT2D eigenvalue weighted by Crippen LogP contribution is -2.31. The molecule has 7 heteroatoms. The molecule has 2 fully saturated rings. The predicted octanol–water partition coefficient (Wildman–Crippen LogP) is 1.81. The molecule has 1 aliphatic heterocycles. The van der Waals surface area contributed by atoms with Crippen molar-refractivity contribution in [3.05, 3.63) is 23.0 Å². The summed E-state index contributed by atoms with van der Waals surface area (Å²) >= 11 is 5.83. The molecular weight excluding hydrogens is 310 g/mol. The van der Waals surface area contributed by atoms with Crippen LogP contribution < -0.4 is 4.72 Å². The number of rotatable bonds is 5. The Bertz CT molecular complexity index is 631. The SMILES string of the molecule is Cc1cc(S(=O)(=O)NC[C@@H]2CCN(C3CC3)C2)cnc1Cl. The number of halogens is 1. The average molecular weight is 330 g/mol. The van der Waals surface area contributed by atoms with Crippen molar-refractivity contribution < 1.29 is 8.42 Å². The summed E-state index contributed by atoms with van der Waals surface area (Å²) in [6.07, 6.45) is 4.97. The number of hydrogen-bond donors (Lipinski definition) is 1. The fraction of sp³-hybridized carbons (Fsp3) is 0.643. The topological polar surface area (TPSA) is 62.3 Å². The Hall–Kier alpha value is -0.690. The van der Waals surface area contributed by atoms with Crippen LogP contribution in [0.4, 0.5) is 0 Å². The molecule has 0 radical (unpaired) electrons. The molecule has 1 aromatic heterocycles. The number of sulfonamides is 1. The van der Waals surface area contributed by atoms with Gasteiger partial charge in [0.05, 0.1) is 0 Å². The molecule has 2 aliphatic rings. The van der Waals surface area contributed by atoms with Crippen LogP contribution in [0.2, 0.25) is 5.15 Å². The van der Waals surface area contributed by atoms with Gasteiger partial charge in [-0.3, -0.25) is 0 Å². The highest BCUT2D eigenvalue weighted by atomic mass is 35.5. The maximum absolute atomic E-state index is 12.3. The van der Waals surface area contributed by atoms with Crippen LogP contribution in [0, 0.1) is 12.8 Å². The Balaban J connectivity index is 1.59. The molecule has 116 valence electrons. The number of likely N-dealkylation sites (tertiary alicyclic amines) is 1. The zero-order chi connectivity index (χ0) is 15.0. The summed E-state index contributed by atoms with van der Waals surface area (Å²) < 4.78 is 27.3. The largest absolute Gasteiger partial charge is 0.300 e. The van der Waals surface area contributed by atoms with Crippen LogP contribution in [0.3, 0.4) is 0 Å². The minimum absolute atomic E-state index is 0.182. The van der Waals surface area contributed by atoms with E-state index in [9.17, 15) is 8.42 Å². The Labute approximate surface area is 130 Å². The van der Waals surface area contributed by atoms with Gasteiger partial charge >= 0.3 is 0 Å². The molecule has 2 heterocycles. The van der Waals surface area contributed by atoms with Crippen LogP contribution in [0.15, 0.2) is 17.2 Å². The summed E-state index contributed by atoms with van der Waals surface area (Å²) in [4.78, 5) is 6.57. The molecule has 1 aromatic rings.